The maximum atomic E-state index is 11.9. The average Bonchev–Trinajstić information content (AvgIpc) is 2.63. The van der Waals surface area contributed by atoms with Crippen molar-refractivity contribution in [3.63, 3.8) is 0 Å². The Bertz CT molecular complexity index is 638. The van der Waals surface area contributed by atoms with Gasteiger partial charge in [0.25, 0.3) is 5.91 Å². The largest absolute Gasteiger partial charge is 0.397 e. The lowest BCUT2D eigenvalue weighted by Gasteiger charge is -2.02. The third kappa shape index (κ3) is 2.68. The number of nitrogens with two attached hydrogens (primary N) is 1. The van der Waals surface area contributed by atoms with Gasteiger partial charge in [-0.3, -0.25) is 4.79 Å². The standard InChI is InChI=1S/C12H10BrClN2OS/c1-6(14)5-16-12(17)11-10(15)8-3-2-7(13)4-9(8)18-11/h2-4H,1,5,15H2,(H,16,17). The Morgan fingerprint density at radius 3 is 2.94 bits per heavy atom. The average molecular weight is 346 g/mol. The quantitative estimate of drug-likeness (QED) is 0.890. The smallest absolute Gasteiger partial charge is 0.263 e. The summed E-state index contributed by atoms with van der Waals surface area (Å²) in [4.78, 5) is 12.4. The van der Waals surface area contributed by atoms with Gasteiger partial charge in [-0.1, -0.05) is 40.2 Å². The van der Waals surface area contributed by atoms with Gasteiger partial charge in [0.15, 0.2) is 0 Å². The van der Waals surface area contributed by atoms with Crippen molar-refractivity contribution >= 4 is 60.5 Å². The molecule has 3 nitrogen and oxygen atoms in total. The summed E-state index contributed by atoms with van der Waals surface area (Å²) in [6, 6.07) is 5.73. The summed E-state index contributed by atoms with van der Waals surface area (Å²) < 4.78 is 1.93. The Balaban J connectivity index is 2.36. The van der Waals surface area contributed by atoms with E-state index in [-0.39, 0.29) is 12.5 Å². The molecule has 0 atom stereocenters. The fourth-order valence-electron chi connectivity index (χ4n) is 1.52. The second kappa shape index (κ2) is 5.30. The van der Waals surface area contributed by atoms with Crippen LogP contribution in [0.3, 0.4) is 0 Å². The van der Waals surface area contributed by atoms with Crippen LogP contribution in [-0.4, -0.2) is 12.5 Å². The van der Waals surface area contributed by atoms with Crippen molar-refractivity contribution in [3.05, 3.63) is 39.2 Å². The van der Waals surface area contributed by atoms with Gasteiger partial charge in [-0.15, -0.1) is 11.3 Å². The molecule has 1 amide bonds. The minimum absolute atomic E-state index is 0.230. The molecule has 0 aliphatic rings. The van der Waals surface area contributed by atoms with Gasteiger partial charge >= 0.3 is 0 Å². The van der Waals surface area contributed by atoms with E-state index in [1.54, 1.807) is 0 Å². The summed E-state index contributed by atoms with van der Waals surface area (Å²) in [5, 5.41) is 3.93. The number of hydrogen-bond acceptors (Lipinski definition) is 3. The Morgan fingerprint density at radius 1 is 1.56 bits per heavy atom. The van der Waals surface area contributed by atoms with Crippen LogP contribution in [0, 0.1) is 0 Å². The molecular formula is C12H10BrClN2OS. The number of carbonyl (C=O) groups excluding carboxylic acids is 1. The van der Waals surface area contributed by atoms with Crippen molar-refractivity contribution < 1.29 is 4.79 Å². The van der Waals surface area contributed by atoms with E-state index in [4.69, 9.17) is 17.3 Å². The molecule has 6 heteroatoms. The molecule has 2 aromatic rings. The van der Waals surface area contributed by atoms with E-state index in [0.717, 1.165) is 14.6 Å². The van der Waals surface area contributed by atoms with E-state index in [1.807, 2.05) is 18.2 Å². The first-order valence-electron chi connectivity index (χ1n) is 5.08. The molecule has 0 aliphatic carbocycles. The van der Waals surface area contributed by atoms with Gasteiger partial charge in [0.2, 0.25) is 0 Å². The van der Waals surface area contributed by atoms with Gasteiger partial charge in [0.1, 0.15) is 4.88 Å². The van der Waals surface area contributed by atoms with Crippen LogP contribution in [0.5, 0.6) is 0 Å². The van der Waals surface area contributed by atoms with Crippen LogP contribution in [0.25, 0.3) is 10.1 Å². The first-order chi connectivity index (χ1) is 8.49. The first-order valence-corrected chi connectivity index (χ1v) is 7.07. The second-order valence-corrected chi connectivity index (χ2v) is 6.19. The Labute approximate surface area is 122 Å². The number of fused-ring (bicyclic) bond motifs is 1. The molecule has 94 valence electrons. The molecule has 1 aromatic heterocycles. The number of carbonyl (C=O) groups is 1. The van der Waals surface area contributed by atoms with Crippen molar-refractivity contribution in [1.29, 1.82) is 0 Å². The van der Waals surface area contributed by atoms with Crippen LogP contribution < -0.4 is 11.1 Å². The summed E-state index contributed by atoms with van der Waals surface area (Å²) in [5.74, 6) is -0.230. The van der Waals surface area contributed by atoms with E-state index < -0.39 is 0 Å². The van der Waals surface area contributed by atoms with Gasteiger partial charge in [-0.2, -0.15) is 0 Å². The molecule has 0 saturated carbocycles. The van der Waals surface area contributed by atoms with Crippen molar-refractivity contribution in [1.82, 2.24) is 5.32 Å². The van der Waals surface area contributed by atoms with Crippen LogP contribution in [-0.2, 0) is 0 Å². The molecule has 18 heavy (non-hydrogen) atoms. The first kappa shape index (κ1) is 13.4. The van der Waals surface area contributed by atoms with Gasteiger partial charge in [0.05, 0.1) is 12.2 Å². The van der Waals surface area contributed by atoms with Crippen LogP contribution in [0.1, 0.15) is 9.67 Å². The number of nitrogen functional groups attached to an aromatic ring is 1. The highest BCUT2D eigenvalue weighted by molar-refractivity contribution is 9.10. The summed E-state index contributed by atoms with van der Waals surface area (Å²) in [6.45, 7) is 3.75. The van der Waals surface area contributed by atoms with Crippen molar-refractivity contribution in [2.24, 2.45) is 0 Å². The summed E-state index contributed by atoms with van der Waals surface area (Å²) in [6.07, 6.45) is 0. The highest BCUT2D eigenvalue weighted by Crippen LogP contribution is 2.35. The molecule has 1 aromatic carbocycles. The lowest BCUT2D eigenvalue weighted by molar-refractivity contribution is 0.0962. The lowest BCUT2D eigenvalue weighted by atomic mass is 10.2. The third-order valence-corrected chi connectivity index (χ3v) is 4.13. The molecule has 0 unspecified atom stereocenters. The maximum Gasteiger partial charge on any atom is 0.263 e. The molecule has 1 heterocycles. The van der Waals surface area contributed by atoms with Gasteiger partial charge in [-0.25, -0.2) is 0 Å². The number of hydrogen-bond donors (Lipinski definition) is 2. The van der Waals surface area contributed by atoms with E-state index >= 15 is 0 Å². The van der Waals surface area contributed by atoms with Crippen LogP contribution in [0.4, 0.5) is 5.69 Å². The molecule has 3 N–H and O–H groups in total. The molecule has 0 saturated heterocycles. The van der Waals surface area contributed by atoms with Gasteiger partial charge in [0, 0.05) is 19.6 Å². The predicted octanol–water partition coefficient (Wildman–Crippen LogP) is 3.73. The summed E-state index contributed by atoms with van der Waals surface area (Å²) in [5.41, 5.74) is 6.48. The fourth-order valence-corrected chi connectivity index (χ4v) is 3.17. The zero-order valence-electron chi connectivity index (χ0n) is 9.30. The van der Waals surface area contributed by atoms with Gasteiger partial charge in [-0.05, 0) is 12.1 Å². The molecule has 0 spiro atoms. The minimum Gasteiger partial charge on any atom is -0.397 e. The molecule has 0 aliphatic heterocycles. The van der Waals surface area contributed by atoms with Crippen molar-refractivity contribution in [2.75, 3.05) is 12.3 Å². The van der Waals surface area contributed by atoms with Crippen molar-refractivity contribution in [3.8, 4) is 0 Å². The van der Waals surface area contributed by atoms with Gasteiger partial charge < -0.3 is 11.1 Å². The Kier molecular flexibility index (Phi) is 3.94. The minimum atomic E-state index is -0.230. The summed E-state index contributed by atoms with van der Waals surface area (Å²) in [7, 11) is 0. The Morgan fingerprint density at radius 2 is 2.28 bits per heavy atom. The Hall–Kier alpha value is -1.04. The molecule has 0 radical (unpaired) electrons. The highest BCUT2D eigenvalue weighted by atomic mass is 79.9. The molecule has 2 rings (SSSR count). The number of benzene rings is 1. The lowest BCUT2D eigenvalue weighted by Crippen LogP contribution is -2.24. The van der Waals surface area contributed by atoms with Crippen LogP contribution >= 0.6 is 38.9 Å². The number of rotatable bonds is 3. The zero-order chi connectivity index (χ0) is 13.3. The van der Waals surface area contributed by atoms with Crippen LogP contribution in [0.15, 0.2) is 34.3 Å². The van der Waals surface area contributed by atoms with Crippen LogP contribution in [0.2, 0.25) is 0 Å². The molecular weight excluding hydrogens is 336 g/mol. The SMILES string of the molecule is C=C(Cl)CNC(=O)c1sc2cc(Br)ccc2c1N. The molecule has 0 bridgehead atoms. The fraction of sp³-hybridized carbons (Fsp3) is 0.0833. The highest BCUT2D eigenvalue weighted by Gasteiger charge is 2.16. The third-order valence-electron chi connectivity index (χ3n) is 2.34. The van der Waals surface area contributed by atoms with Crippen molar-refractivity contribution in [2.45, 2.75) is 0 Å². The number of anilines is 1. The number of amides is 1. The zero-order valence-corrected chi connectivity index (χ0v) is 12.5. The maximum absolute atomic E-state index is 11.9. The summed E-state index contributed by atoms with van der Waals surface area (Å²) >= 11 is 10.4. The molecule has 0 fully saturated rings. The predicted molar refractivity (Wildman–Crippen MR) is 81.3 cm³/mol. The number of nitrogens with one attached hydrogen (secondary N) is 1. The normalized spacial score (nSPS) is 10.6. The topological polar surface area (TPSA) is 55.1 Å². The monoisotopic (exact) mass is 344 g/mol. The number of thiophene rings is 1. The van der Waals surface area contributed by atoms with E-state index in [9.17, 15) is 4.79 Å². The van der Waals surface area contributed by atoms with E-state index in [2.05, 4.69) is 27.8 Å². The second-order valence-electron chi connectivity index (χ2n) is 3.69. The van der Waals surface area contributed by atoms with E-state index in [0.29, 0.717) is 15.6 Å². The van der Waals surface area contributed by atoms with E-state index in [1.165, 1.54) is 11.3 Å². The number of halogens is 2.